The maximum Gasteiger partial charge on any atom is 0.279 e. The predicted molar refractivity (Wildman–Crippen MR) is 86.1 cm³/mol. The molecule has 9 heteroatoms. The normalized spacial score (nSPS) is 11.3. The van der Waals surface area contributed by atoms with Crippen LogP contribution < -0.4 is 10.5 Å². The van der Waals surface area contributed by atoms with Crippen LogP contribution in [0, 0.1) is 0 Å². The first-order chi connectivity index (χ1) is 9.83. The van der Waals surface area contributed by atoms with Crippen LogP contribution >= 0.6 is 23.8 Å². The molecule has 0 radical (unpaired) electrons. The van der Waals surface area contributed by atoms with Gasteiger partial charge in [0.2, 0.25) is 0 Å². The molecule has 0 spiro atoms. The molecule has 6 nitrogen and oxygen atoms in total. The maximum absolute atomic E-state index is 12.3. The summed E-state index contributed by atoms with van der Waals surface area (Å²) in [6, 6.07) is 4.63. The van der Waals surface area contributed by atoms with Crippen molar-refractivity contribution in [2.24, 2.45) is 5.73 Å². The van der Waals surface area contributed by atoms with E-state index in [1.807, 2.05) is 6.92 Å². The number of thiocarbonyl (C=S) groups is 1. The van der Waals surface area contributed by atoms with Crippen molar-refractivity contribution in [3.05, 3.63) is 40.8 Å². The lowest BCUT2D eigenvalue weighted by Gasteiger charge is -2.09. The highest BCUT2D eigenvalue weighted by molar-refractivity contribution is 7.92. The minimum absolute atomic E-state index is 0.0313. The Kier molecular flexibility index (Phi) is 4.50. The van der Waals surface area contributed by atoms with E-state index in [4.69, 9.17) is 29.6 Å². The second-order valence-electron chi connectivity index (χ2n) is 4.21. The Morgan fingerprint density at radius 2 is 2.24 bits per heavy atom. The standard InChI is InChI=1S/C12H13ClN4O2S2/c1-2-10-15-6-11(16-10)21(18,19)17-9-5-7(12(14)20)3-4-8(9)13/h3-6,17H,2H2,1H3,(H2,14,20)(H,15,16). The molecular formula is C12H13ClN4O2S2. The molecule has 2 aromatic rings. The number of aromatic amines is 1. The van der Waals surface area contributed by atoms with Crippen molar-refractivity contribution < 1.29 is 8.42 Å². The summed E-state index contributed by atoms with van der Waals surface area (Å²) in [4.78, 5) is 6.84. The fourth-order valence-corrected chi connectivity index (χ4v) is 2.98. The molecule has 4 N–H and O–H groups in total. The molecule has 0 atom stereocenters. The van der Waals surface area contributed by atoms with Crippen molar-refractivity contribution >= 4 is 44.5 Å². The Bertz CT molecular complexity index is 786. The van der Waals surface area contributed by atoms with Crippen molar-refractivity contribution in [3.8, 4) is 0 Å². The maximum atomic E-state index is 12.3. The number of nitrogens with two attached hydrogens (primary N) is 1. The summed E-state index contributed by atoms with van der Waals surface area (Å²) >= 11 is 10.9. The van der Waals surface area contributed by atoms with Gasteiger partial charge in [0.1, 0.15) is 10.8 Å². The molecule has 0 saturated carbocycles. The summed E-state index contributed by atoms with van der Waals surface area (Å²) < 4.78 is 26.9. The van der Waals surface area contributed by atoms with E-state index in [9.17, 15) is 8.42 Å². The zero-order valence-electron chi connectivity index (χ0n) is 11.1. The highest BCUT2D eigenvalue weighted by atomic mass is 35.5. The van der Waals surface area contributed by atoms with Crippen LogP contribution in [0.2, 0.25) is 5.02 Å². The zero-order chi connectivity index (χ0) is 15.6. The number of hydrogen-bond acceptors (Lipinski definition) is 4. The molecule has 2 rings (SSSR count). The Labute approximate surface area is 132 Å². The van der Waals surface area contributed by atoms with Crippen LogP contribution in [0.15, 0.2) is 29.4 Å². The van der Waals surface area contributed by atoms with Crippen LogP contribution in [0.4, 0.5) is 5.69 Å². The molecule has 0 aliphatic heterocycles. The fourth-order valence-electron chi connectivity index (χ4n) is 1.62. The number of imidazole rings is 1. The summed E-state index contributed by atoms with van der Waals surface area (Å²) in [5.41, 5.74) is 6.25. The number of aromatic nitrogens is 2. The van der Waals surface area contributed by atoms with E-state index in [2.05, 4.69) is 14.7 Å². The van der Waals surface area contributed by atoms with Crippen LogP contribution in [-0.2, 0) is 16.4 Å². The molecule has 1 aromatic carbocycles. The predicted octanol–water partition coefficient (Wildman–Crippen LogP) is 2.06. The summed E-state index contributed by atoms with van der Waals surface area (Å²) in [6.07, 6.45) is 1.86. The van der Waals surface area contributed by atoms with E-state index in [0.717, 1.165) is 0 Å². The Morgan fingerprint density at radius 3 is 2.81 bits per heavy atom. The third-order valence-electron chi connectivity index (χ3n) is 2.72. The third-order valence-corrected chi connectivity index (χ3v) is 4.57. The molecule has 0 bridgehead atoms. The monoisotopic (exact) mass is 344 g/mol. The van der Waals surface area contributed by atoms with Gasteiger partial charge in [-0.15, -0.1) is 0 Å². The molecule has 1 heterocycles. The van der Waals surface area contributed by atoms with Crippen molar-refractivity contribution in [2.45, 2.75) is 18.4 Å². The second kappa shape index (κ2) is 6.00. The number of H-pyrrole nitrogens is 1. The zero-order valence-corrected chi connectivity index (χ0v) is 13.4. The van der Waals surface area contributed by atoms with Gasteiger partial charge in [-0.05, 0) is 12.1 Å². The Hall–Kier alpha value is -1.64. The average molecular weight is 345 g/mol. The van der Waals surface area contributed by atoms with Gasteiger partial charge in [-0.3, -0.25) is 4.72 Å². The number of nitrogens with zero attached hydrogens (tertiary/aromatic N) is 1. The van der Waals surface area contributed by atoms with E-state index >= 15 is 0 Å². The van der Waals surface area contributed by atoms with Crippen LogP contribution in [0.25, 0.3) is 0 Å². The topological polar surface area (TPSA) is 101 Å². The molecular weight excluding hydrogens is 332 g/mol. The summed E-state index contributed by atoms with van der Waals surface area (Å²) in [7, 11) is -3.80. The van der Waals surface area contributed by atoms with Crippen LogP contribution in [0.1, 0.15) is 18.3 Å². The molecule has 0 amide bonds. The van der Waals surface area contributed by atoms with Gasteiger partial charge in [0.25, 0.3) is 10.0 Å². The number of halogens is 1. The second-order valence-corrected chi connectivity index (χ2v) is 6.71. The lowest BCUT2D eigenvalue weighted by Crippen LogP contribution is -2.15. The van der Waals surface area contributed by atoms with Crippen LogP contribution in [0.3, 0.4) is 0 Å². The molecule has 0 aliphatic rings. The minimum atomic E-state index is -3.80. The minimum Gasteiger partial charge on any atom is -0.389 e. The first kappa shape index (κ1) is 15.7. The van der Waals surface area contributed by atoms with E-state index < -0.39 is 10.0 Å². The van der Waals surface area contributed by atoms with Crippen molar-refractivity contribution in [2.75, 3.05) is 4.72 Å². The summed E-state index contributed by atoms with van der Waals surface area (Å²) in [6.45, 7) is 1.87. The third kappa shape index (κ3) is 3.52. The highest BCUT2D eigenvalue weighted by Gasteiger charge is 2.18. The fraction of sp³-hybridized carbons (Fsp3) is 0.167. The molecule has 0 saturated heterocycles. The van der Waals surface area contributed by atoms with Crippen molar-refractivity contribution in [1.82, 2.24) is 9.97 Å². The smallest absolute Gasteiger partial charge is 0.279 e. The molecule has 1 aromatic heterocycles. The SMILES string of the molecule is CCc1ncc(S(=O)(=O)Nc2cc(C(N)=S)ccc2Cl)[nH]1. The molecule has 0 fully saturated rings. The average Bonchev–Trinajstić information content (AvgIpc) is 2.90. The number of benzene rings is 1. The van der Waals surface area contributed by atoms with Gasteiger partial charge in [-0.1, -0.05) is 36.8 Å². The Morgan fingerprint density at radius 1 is 1.52 bits per heavy atom. The van der Waals surface area contributed by atoms with Gasteiger partial charge in [0, 0.05) is 12.0 Å². The van der Waals surface area contributed by atoms with Crippen LogP contribution in [-0.4, -0.2) is 23.4 Å². The van der Waals surface area contributed by atoms with Gasteiger partial charge in [-0.2, -0.15) is 8.42 Å². The largest absolute Gasteiger partial charge is 0.389 e. The number of rotatable bonds is 5. The number of aryl methyl sites for hydroxylation is 1. The lowest BCUT2D eigenvalue weighted by molar-refractivity contribution is 0.598. The van der Waals surface area contributed by atoms with E-state index in [0.29, 0.717) is 17.8 Å². The van der Waals surface area contributed by atoms with E-state index in [1.165, 1.54) is 18.3 Å². The number of anilines is 1. The van der Waals surface area contributed by atoms with Gasteiger partial charge in [0.15, 0.2) is 5.03 Å². The molecule has 112 valence electrons. The lowest BCUT2D eigenvalue weighted by atomic mass is 10.2. The quantitative estimate of drug-likeness (QED) is 0.721. The number of nitrogens with one attached hydrogen (secondary N) is 2. The van der Waals surface area contributed by atoms with Crippen LogP contribution in [0.5, 0.6) is 0 Å². The summed E-state index contributed by atoms with van der Waals surface area (Å²) in [5, 5.41) is 0.213. The first-order valence-electron chi connectivity index (χ1n) is 5.99. The molecule has 0 aliphatic carbocycles. The Balaban J connectivity index is 2.36. The highest BCUT2D eigenvalue weighted by Crippen LogP contribution is 2.25. The van der Waals surface area contributed by atoms with E-state index in [1.54, 1.807) is 6.07 Å². The first-order valence-corrected chi connectivity index (χ1v) is 8.26. The van der Waals surface area contributed by atoms with Gasteiger partial charge >= 0.3 is 0 Å². The number of hydrogen-bond donors (Lipinski definition) is 3. The summed E-state index contributed by atoms with van der Waals surface area (Å²) in [5.74, 6) is 0.582. The number of sulfonamides is 1. The molecule has 21 heavy (non-hydrogen) atoms. The van der Waals surface area contributed by atoms with Gasteiger partial charge in [-0.25, -0.2) is 4.98 Å². The van der Waals surface area contributed by atoms with E-state index in [-0.39, 0.29) is 20.7 Å². The molecule has 0 unspecified atom stereocenters. The van der Waals surface area contributed by atoms with Crippen molar-refractivity contribution in [3.63, 3.8) is 0 Å². The van der Waals surface area contributed by atoms with Crippen molar-refractivity contribution in [1.29, 1.82) is 0 Å². The van der Waals surface area contributed by atoms with Gasteiger partial charge < -0.3 is 10.7 Å². The van der Waals surface area contributed by atoms with Gasteiger partial charge in [0.05, 0.1) is 16.9 Å².